The third kappa shape index (κ3) is 2.21. The number of hydrogen-bond acceptors (Lipinski definition) is 5. The minimum atomic E-state index is -0.814. The van der Waals surface area contributed by atoms with E-state index in [0.29, 0.717) is 0 Å². The van der Waals surface area contributed by atoms with E-state index < -0.39 is 18.2 Å². The van der Waals surface area contributed by atoms with E-state index in [1.54, 1.807) is 11.9 Å². The molecule has 1 rings (SSSR count). The lowest BCUT2D eigenvalue weighted by molar-refractivity contribution is -0.127. The van der Waals surface area contributed by atoms with E-state index in [0.717, 1.165) is 0 Å². The lowest BCUT2D eigenvalue weighted by atomic mass is 10.2. The highest BCUT2D eigenvalue weighted by Crippen LogP contribution is 2.06. The van der Waals surface area contributed by atoms with Gasteiger partial charge >= 0.3 is 0 Å². The number of β-amino-alcohol motifs (C(OH)–C–C–N with tert-alkyl or cyclic N) is 1. The molecule has 1 aliphatic rings. The van der Waals surface area contributed by atoms with Gasteiger partial charge < -0.3 is 20.6 Å². The Balaban J connectivity index is 2.75. The van der Waals surface area contributed by atoms with Gasteiger partial charge in [0.05, 0.1) is 25.4 Å². The van der Waals surface area contributed by atoms with E-state index in [1.807, 2.05) is 0 Å². The maximum Gasteiger partial charge on any atom is 0.240 e. The molecule has 0 aromatic carbocycles. The molecule has 1 amide bonds. The van der Waals surface area contributed by atoms with E-state index >= 15 is 0 Å². The third-order valence-electron chi connectivity index (χ3n) is 2.47. The average molecular weight is 204 g/mol. The van der Waals surface area contributed by atoms with E-state index in [9.17, 15) is 9.90 Å². The zero-order valence-electron chi connectivity index (χ0n) is 8.05. The van der Waals surface area contributed by atoms with Crippen molar-refractivity contribution in [1.82, 2.24) is 10.2 Å². The maximum atomic E-state index is 11.4. The highest BCUT2D eigenvalue weighted by Gasteiger charge is 2.33. The Morgan fingerprint density at radius 3 is 2.64 bits per heavy atom. The van der Waals surface area contributed by atoms with Crippen molar-refractivity contribution in [3.8, 4) is 0 Å². The van der Waals surface area contributed by atoms with Gasteiger partial charge in [-0.3, -0.25) is 9.69 Å². The van der Waals surface area contributed by atoms with Crippen molar-refractivity contribution < 1.29 is 20.1 Å². The Morgan fingerprint density at radius 1 is 1.50 bits per heavy atom. The number of amides is 1. The van der Waals surface area contributed by atoms with E-state index in [1.165, 1.54) is 0 Å². The fourth-order valence-electron chi connectivity index (χ4n) is 1.51. The Morgan fingerprint density at radius 2 is 2.14 bits per heavy atom. The Labute approximate surface area is 82.1 Å². The molecular weight excluding hydrogens is 188 g/mol. The van der Waals surface area contributed by atoms with E-state index in [4.69, 9.17) is 10.2 Å². The summed E-state index contributed by atoms with van der Waals surface area (Å²) in [4.78, 5) is 13.0. The van der Waals surface area contributed by atoms with Crippen LogP contribution in [0.25, 0.3) is 0 Å². The summed E-state index contributed by atoms with van der Waals surface area (Å²) in [5.74, 6) is -0.370. The number of carbonyl (C=O) groups excluding carboxylic acids is 1. The van der Waals surface area contributed by atoms with Crippen molar-refractivity contribution in [2.24, 2.45) is 0 Å². The molecule has 0 bridgehead atoms. The van der Waals surface area contributed by atoms with Gasteiger partial charge in [-0.1, -0.05) is 0 Å². The van der Waals surface area contributed by atoms with Crippen LogP contribution in [0.1, 0.15) is 0 Å². The molecule has 0 spiro atoms. The molecule has 14 heavy (non-hydrogen) atoms. The molecule has 6 nitrogen and oxygen atoms in total. The lowest BCUT2D eigenvalue weighted by Gasteiger charge is -2.22. The first-order chi connectivity index (χ1) is 6.60. The molecule has 4 N–H and O–H groups in total. The number of rotatable bonds is 2. The molecule has 0 unspecified atom stereocenters. The average Bonchev–Trinajstić information content (AvgIpc) is 2.23. The first kappa shape index (κ1) is 11.4. The highest BCUT2D eigenvalue weighted by atomic mass is 16.3. The number of nitrogens with one attached hydrogen (secondary N) is 1. The molecule has 1 fully saturated rings. The second-order valence-corrected chi connectivity index (χ2v) is 3.50. The van der Waals surface area contributed by atoms with Crippen LogP contribution in [0.3, 0.4) is 0 Å². The van der Waals surface area contributed by atoms with E-state index in [-0.39, 0.29) is 25.7 Å². The normalized spacial score (nSPS) is 35.1. The second-order valence-electron chi connectivity index (χ2n) is 3.50. The fraction of sp³-hybridized carbons (Fsp3) is 0.875. The van der Waals surface area contributed by atoms with Gasteiger partial charge in [-0.15, -0.1) is 0 Å². The minimum absolute atomic E-state index is 0.245. The second kappa shape index (κ2) is 4.70. The molecule has 0 radical (unpaired) electrons. The maximum absolute atomic E-state index is 11.4. The quantitative estimate of drug-likeness (QED) is 0.388. The van der Waals surface area contributed by atoms with Crippen LogP contribution in [0, 0.1) is 0 Å². The number of aliphatic hydroxyl groups is 3. The van der Waals surface area contributed by atoms with Crippen LogP contribution in [-0.2, 0) is 4.79 Å². The molecule has 6 heteroatoms. The van der Waals surface area contributed by atoms with Gasteiger partial charge in [0.2, 0.25) is 5.91 Å². The van der Waals surface area contributed by atoms with Crippen LogP contribution in [0.5, 0.6) is 0 Å². The summed E-state index contributed by atoms with van der Waals surface area (Å²) in [6.45, 7) is -0.360. The minimum Gasteiger partial charge on any atom is -0.394 e. The summed E-state index contributed by atoms with van der Waals surface area (Å²) < 4.78 is 0. The monoisotopic (exact) mass is 204 g/mol. The van der Waals surface area contributed by atoms with Crippen LogP contribution in [0.4, 0.5) is 0 Å². The van der Waals surface area contributed by atoms with Crippen molar-refractivity contribution in [3.63, 3.8) is 0 Å². The summed E-state index contributed by atoms with van der Waals surface area (Å²) in [7, 11) is 1.64. The summed E-state index contributed by atoms with van der Waals surface area (Å²) in [6, 6.07) is -1.30. The first-order valence-corrected chi connectivity index (χ1v) is 4.50. The van der Waals surface area contributed by atoms with Crippen LogP contribution in [0.15, 0.2) is 0 Å². The molecular formula is C8H16N2O4. The SMILES string of the molecule is CN1C[C@H](O)[C@@H](CO)NC(=O)[C@@H]1CO. The number of likely N-dealkylation sites (N-methyl/N-ethyl adjacent to an activating group) is 1. The van der Waals surface area contributed by atoms with Crippen molar-refractivity contribution >= 4 is 5.91 Å². The lowest BCUT2D eigenvalue weighted by Crippen LogP contribution is -2.47. The molecule has 0 aromatic heterocycles. The van der Waals surface area contributed by atoms with Gasteiger partial charge in [-0.2, -0.15) is 0 Å². The van der Waals surface area contributed by atoms with Gasteiger partial charge in [-0.05, 0) is 7.05 Å². The van der Waals surface area contributed by atoms with Gasteiger partial charge in [0.15, 0.2) is 0 Å². The van der Waals surface area contributed by atoms with Crippen molar-refractivity contribution in [3.05, 3.63) is 0 Å². The predicted molar refractivity (Wildman–Crippen MR) is 48.5 cm³/mol. The number of carbonyl (C=O) groups is 1. The van der Waals surface area contributed by atoms with Gasteiger partial charge in [-0.25, -0.2) is 0 Å². The van der Waals surface area contributed by atoms with Crippen molar-refractivity contribution in [2.75, 3.05) is 26.8 Å². The topological polar surface area (TPSA) is 93.0 Å². The number of nitrogens with zero attached hydrogens (tertiary/aromatic N) is 1. The zero-order chi connectivity index (χ0) is 10.7. The third-order valence-corrected chi connectivity index (χ3v) is 2.47. The standard InChI is InChI=1S/C8H16N2O4/c1-10-2-7(13)5(3-11)9-8(14)6(10)4-12/h5-7,11-13H,2-4H2,1H3,(H,9,14)/t5-,6+,7+/m1/s1. The molecule has 0 saturated carbocycles. The first-order valence-electron chi connectivity index (χ1n) is 4.50. The predicted octanol–water partition coefficient (Wildman–Crippen LogP) is -2.87. The molecule has 3 atom stereocenters. The summed E-state index contributed by atoms with van der Waals surface area (Å²) in [5.41, 5.74) is 0. The number of aliphatic hydroxyl groups excluding tert-OH is 3. The molecule has 82 valence electrons. The Kier molecular flexibility index (Phi) is 3.82. The van der Waals surface area contributed by atoms with Crippen LogP contribution in [0.2, 0.25) is 0 Å². The van der Waals surface area contributed by atoms with Crippen molar-refractivity contribution in [1.29, 1.82) is 0 Å². The van der Waals surface area contributed by atoms with Gasteiger partial charge in [0.25, 0.3) is 0 Å². The molecule has 0 aliphatic carbocycles. The zero-order valence-corrected chi connectivity index (χ0v) is 8.05. The summed E-state index contributed by atoms with van der Waals surface area (Å²) >= 11 is 0. The summed E-state index contributed by atoms with van der Waals surface area (Å²) in [5, 5.41) is 29.9. The molecule has 1 heterocycles. The Hall–Kier alpha value is -0.690. The largest absolute Gasteiger partial charge is 0.394 e. The van der Waals surface area contributed by atoms with Crippen molar-refractivity contribution in [2.45, 2.75) is 18.2 Å². The smallest absolute Gasteiger partial charge is 0.240 e. The van der Waals surface area contributed by atoms with E-state index in [2.05, 4.69) is 5.32 Å². The fourth-order valence-corrected chi connectivity index (χ4v) is 1.51. The van der Waals surface area contributed by atoms with Gasteiger partial charge in [0.1, 0.15) is 6.04 Å². The molecule has 0 aromatic rings. The Bertz CT molecular complexity index is 212. The van der Waals surface area contributed by atoms with Crippen LogP contribution in [-0.4, -0.2) is 71.1 Å². The number of hydrogen-bond donors (Lipinski definition) is 4. The van der Waals surface area contributed by atoms with Crippen LogP contribution >= 0.6 is 0 Å². The summed E-state index contributed by atoms with van der Waals surface area (Å²) in [6.07, 6.45) is -0.814. The molecule has 1 saturated heterocycles. The van der Waals surface area contributed by atoms with Crippen LogP contribution < -0.4 is 5.32 Å². The molecule has 1 aliphatic heterocycles. The highest BCUT2D eigenvalue weighted by molar-refractivity contribution is 5.82. The van der Waals surface area contributed by atoms with Gasteiger partial charge in [0, 0.05) is 6.54 Å².